The van der Waals surface area contributed by atoms with Crippen LogP contribution in [0.25, 0.3) is 5.95 Å². The van der Waals surface area contributed by atoms with Crippen molar-refractivity contribution in [3.63, 3.8) is 0 Å². The Balaban J connectivity index is 1.61. The summed E-state index contributed by atoms with van der Waals surface area (Å²) in [5.74, 6) is -0.697. The third-order valence-electron chi connectivity index (χ3n) is 4.26. The van der Waals surface area contributed by atoms with Gasteiger partial charge < -0.3 is 15.4 Å². The summed E-state index contributed by atoms with van der Waals surface area (Å²) in [5, 5.41) is 11.6. The maximum atomic E-state index is 12.4. The van der Waals surface area contributed by atoms with Crippen molar-refractivity contribution < 1.29 is 19.1 Å². The van der Waals surface area contributed by atoms with Crippen LogP contribution in [0.3, 0.4) is 0 Å². The molecular weight excluding hydrogens is 432 g/mol. The third-order valence-corrected chi connectivity index (χ3v) is 5.24. The van der Waals surface area contributed by atoms with E-state index in [2.05, 4.69) is 25.7 Å². The number of hydrogen-bond acceptors (Lipinski definition) is 8. The zero-order chi connectivity index (χ0) is 23.3. The van der Waals surface area contributed by atoms with E-state index in [1.807, 2.05) is 37.4 Å². The Morgan fingerprint density at radius 1 is 1.12 bits per heavy atom. The Kier molecular flexibility index (Phi) is 7.31. The van der Waals surface area contributed by atoms with Gasteiger partial charge in [0.05, 0.1) is 18.2 Å². The van der Waals surface area contributed by atoms with Gasteiger partial charge in [0.15, 0.2) is 6.61 Å². The second kappa shape index (κ2) is 10.1. The van der Waals surface area contributed by atoms with E-state index in [4.69, 9.17) is 4.74 Å². The first-order valence-corrected chi connectivity index (χ1v) is 10.7. The van der Waals surface area contributed by atoms with Crippen LogP contribution < -0.4 is 10.6 Å². The standard InChI is InChI=1S/C21H24N6O4S/c1-12-8-13(2)23-21(22-12)27-18(9-14(3)26-27)25-19(29)11-31-20(30)10-16(24-15(4)28)17-6-5-7-32-17/h5-9,16H,10-11H2,1-4H3,(H,24,28)(H,25,29). The zero-order valence-electron chi connectivity index (χ0n) is 18.2. The van der Waals surface area contributed by atoms with Crippen LogP contribution in [0.5, 0.6) is 0 Å². The van der Waals surface area contributed by atoms with Crippen LogP contribution in [0.2, 0.25) is 0 Å². The molecule has 3 rings (SSSR count). The van der Waals surface area contributed by atoms with Gasteiger partial charge in [-0.25, -0.2) is 9.97 Å². The number of nitrogens with zero attached hydrogens (tertiary/aromatic N) is 4. The van der Waals surface area contributed by atoms with Crippen molar-refractivity contribution in [3.05, 3.63) is 51.6 Å². The van der Waals surface area contributed by atoms with E-state index in [0.29, 0.717) is 17.5 Å². The second-order valence-electron chi connectivity index (χ2n) is 7.21. The van der Waals surface area contributed by atoms with E-state index < -0.39 is 24.5 Å². The second-order valence-corrected chi connectivity index (χ2v) is 8.19. The van der Waals surface area contributed by atoms with Gasteiger partial charge in [-0.2, -0.15) is 9.78 Å². The summed E-state index contributed by atoms with van der Waals surface area (Å²) < 4.78 is 6.55. The van der Waals surface area contributed by atoms with Gasteiger partial charge in [0, 0.05) is 29.3 Å². The lowest BCUT2D eigenvalue weighted by Gasteiger charge is -2.15. The minimum atomic E-state index is -0.602. The lowest BCUT2D eigenvalue weighted by Crippen LogP contribution is -2.29. The molecule has 2 N–H and O–H groups in total. The number of aryl methyl sites for hydroxylation is 3. The number of ether oxygens (including phenoxy) is 1. The average Bonchev–Trinajstić information content (AvgIpc) is 3.35. The number of carbonyl (C=O) groups is 3. The van der Waals surface area contributed by atoms with E-state index in [0.717, 1.165) is 16.3 Å². The molecule has 0 aliphatic heterocycles. The molecule has 0 radical (unpaired) electrons. The highest BCUT2D eigenvalue weighted by Gasteiger charge is 2.20. The van der Waals surface area contributed by atoms with Crippen LogP contribution in [0.15, 0.2) is 29.6 Å². The Bertz CT molecular complexity index is 1110. The van der Waals surface area contributed by atoms with Gasteiger partial charge in [-0.1, -0.05) is 6.07 Å². The van der Waals surface area contributed by atoms with Crippen LogP contribution in [0.4, 0.5) is 5.82 Å². The fourth-order valence-corrected chi connectivity index (χ4v) is 3.83. The molecule has 3 aromatic heterocycles. The maximum Gasteiger partial charge on any atom is 0.308 e. The SMILES string of the molecule is CC(=O)NC(CC(=O)OCC(=O)Nc1cc(C)nn1-c1nc(C)cc(C)n1)c1cccs1. The molecule has 0 spiro atoms. The van der Waals surface area contributed by atoms with Crippen molar-refractivity contribution in [2.75, 3.05) is 11.9 Å². The summed E-state index contributed by atoms with van der Waals surface area (Å²) in [6.45, 7) is 6.37. The Hall–Kier alpha value is -3.60. The van der Waals surface area contributed by atoms with Gasteiger partial charge in [0.1, 0.15) is 5.82 Å². The number of nitrogens with one attached hydrogen (secondary N) is 2. The Morgan fingerprint density at radius 2 is 1.84 bits per heavy atom. The van der Waals surface area contributed by atoms with Gasteiger partial charge in [-0.15, -0.1) is 11.3 Å². The highest BCUT2D eigenvalue weighted by molar-refractivity contribution is 7.10. The number of thiophene rings is 1. The normalized spacial score (nSPS) is 11.6. The summed E-state index contributed by atoms with van der Waals surface area (Å²) >= 11 is 1.42. The molecule has 2 amide bonds. The van der Waals surface area contributed by atoms with Gasteiger partial charge in [-0.3, -0.25) is 14.4 Å². The third kappa shape index (κ3) is 6.20. The van der Waals surface area contributed by atoms with Crippen molar-refractivity contribution in [1.29, 1.82) is 0 Å². The fraction of sp³-hybridized carbons (Fsp3) is 0.333. The maximum absolute atomic E-state index is 12.4. The smallest absolute Gasteiger partial charge is 0.308 e. The summed E-state index contributed by atoms with van der Waals surface area (Å²) in [6, 6.07) is 6.66. The molecule has 0 saturated heterocycles. The monoisotopic (exact) mass is 456 g/mol. The number of amides is 2. The van der Waals surface area contributed by atoms with Gasteiger partial charge in [-0.05, 0) is 38.3 Å². The number of esters is 1. The van der Waals surface area contributed by atoms with Crippen LogP contribution >= 0.6 is 11.3 Å². The molecule has 0 bridgehead atoms. The molecule has 32 heavy (non-hydrogen) atoms. The number of aromatic nitrogens is 4. The molecular formula is C21H24N6O4S. The van der Waals surface area contributed by atoms with Crippen LogP contribution in [-0.4, -0.2) is 44.1 Å². The van der Waals surface area contributed by atoms with Gasteiger partial charge >= 0.3 is 5.97 Å². The first kappa shape index (κ1) is 23.1. The molecule has 11 heteroatoms. The first-order valence-electron chi connectivity index (χ1n) is 9.86. The van der Waals surface area contributed by atoms with Gasteiger partial charge in [0.25, 0.3) is 11.9 Å². The highest BCUT2D eigenvalue weighted by Crippen LogP contribution is 2.22. The summed E-state index contributed by atoms with van der Waals surface area (Å²) in [7, 11) is 0. The molecule has 3 heterocycles. The minimum Gasteiger partial charge on any atom is -0.455 e. The summed E-state index contributed by atoms with van der Waals surface area (Å²) in [4.78, 5) is 45.7. The van der Waals surface area contributed by atoms with E-state index in [9.17, 15) is 14.4 Å². The van der Waals surface area contributed by atoms with Crippen LogP contribution in [0, 0.1) is 20.8 Å². The van der Waals surface area contributed by atoms with Crippen molar-refractivity contribution in [1.82, 2.24) is 25.1 Å². The quantitative estimate of drug-likeness (QED) is 0.498. The Morgan fingerprint density at radius 3 is 2.47 bits per heavy atom. The van der Waals surface area contributed by atoms with Crippen molar-refractivity contribution in [2.24, 2.45) is 0 Å². The highest BCUT2D eigenvalue weighted by atomic mass is 32.1. The molecule has 168 valence electrons. The van der Waals surface area contributed by atoms with Crippen molar-refractivity contribution in [3.8, 4) is 5.95 Å². The first-order chi connectivity index (χ1) is 15.2. The van der Waals surface area contributed by atoms with E-state index in [-0.39, 0.29) is 12.3 Å². The molecule has 0 aliphatic rings. The molecule has 1 unspecified atom stereocenters. The van der Waals surface area contributed by atoms with Crippen LogP contribution in [-0.2, 0) is 19.1 Å². The number of anilines is 1. The molecule has 0 saturated carbocycles. The predicted octanol–water partition coefficient (Wildman–Crippen LogP) is 2.40. The molecule has 0 aromatic carbocycles. The van der Waals surface area contributed by atoms with E-state index >= 15 is 0 Å². The zero-order valence-corrected chi connectivity index (χ0v) is 19.0. The largest absolute Gasteiger partial charge is 0.455 e. The number of rotatable bonds is 8. The molecule has 3 aromatic rings. The minimum absolute atomic E-state index is 0.0825. The van der Waals surface area contributed by atoms with Gasteiger partial charge in [0.2, 0.25) is 5.91 Å². The Labute approximate surface area is 189 Å². The summed E-state index contributed by atoms with van der Waals surface area (Å²) in [5.41, 5.74) is 2.20. The average molecular weight is 457 g/mol. The topological polar surface area (TPSA) is 128 Å². The fourth-order valence-electron chi connectivity index (χ4n) is 3.05. The number of carbonyl (C=O) groups excluding carboxylic acids is 3. The van der Waals surface area contributed by atoms with Crippen LogP contribution in [0.1, 0.15) is 41.3 Å². The van der Waals surface area contributed by atoms with Crippen molar-refractivity contribution in [2.45, 2.75) is 40.2 Å². The van der Waals surface area contributed by atoms with E-state index in [1.54, 1.807) is 13.0 Å². The molecule has 1 atom stereocenters. The molecule has 0 aliphatic carbocycles. The predicted molar refractivity (Wildman–Crippen MR) is 118 cm³/mol. The van der Waals surface area contributed by atoms with Crippen molar-refractivity contribution >= 4 is 34.9 Å². The molecule has 0 fully saturated rings. The lowest BCUT2D eigenvalue weighted by molar-refractivity contribution is -0.147. The van der Waals surface area contributed by atoms with E-state index in [1.165, 1.54) is 22.9 Å². The molecule has 10 nitrogen and oxygen atoms in total. The summed E-state index contributed by atoms with van der Waals surface area (Å²) in [6.07, 6.45) is -0.0825. The number of hydrogen-bond donors (Lipinski definition) is 2. The lowest BCUT2D eigenvalue weighted by atomic mass is 10.1.